The van der Waals surface area contributed by atoms with Gasteiger partial charge in [0.15, 0.2) is 0 Å². The fraction of sp³-hybridized carbons (Fsp3) is 0.500. The van der Waals surface area contributed by atoms with Crippen molar-refractivity contribution in [2.75, 3.05) is 0 Å². The van der Waals surface area contributed by atoms with Crippen molar-refractivity contribution in [2.45, 2.75) is 71.4 Å². The maximum absolute atomic E-state index is 13.2. The maximum Gasteiger partial charge on any atom is 0.262 e. The molecule has 0 radical (unpaired) electrons. The predicted molar refractivity (Wildman–Crippen MR) is 113 cm³/mol. The standard InChI is InChI=1S/C22H28N4O4/c1-3-4-5-6-7-19(27)23-13-15-8-9-17-16(12-15)22(30)26(14(2)24-17)18-10-11-20(28)25-21(18)29/h8-9,12,18H,3-7,10-11,13H2,1-2H3,(H,23,27)(H,25,28,29)/t18-/m1/s1/i18D. The van der Waals surface area contributed by atoms with Gasteiger partial charge in [-0.3, -0.25) is 29.1 Å². The molecule has 1 saturated heterocycles. The highest BCUT2D eigenvalue weighted by atomic mass is 16.2. The van der Waals surface area contributed by atoms with Crippen LogP contribution < -0.4 is 16.2 Å². The van der Waals surface area contributed by atoms with Gasteiger partial charge in [0.05, 0.1) is 12.3 Å². The summed E-state index contributed by atoms with van der Waals surface area (Å²) in [5.41, 5.74) is 0.657. The molecular weight excluding hydrogens is 384 g/mol. The van der Waals surface area contributed by atoms with Gasteiger partial charge in [0.2, 0.25) is 17.7 Å². The van der Waals surface area contributed by atoms with Crippen LogP contribution in [0.5, 0.6) is 0 Å². The average Bonchev–Trinajstić information content (AvgIpc) is 2.73. The minimum Gasteiger partial charge on any atom is -0.352 e. The lowest BCUT2D eigenvalue weighted by atomic mass is 10.0. The highest BCUT2D eigenvalue weighted by molar-refractivity contribution is 5.99. The van der Waals surface area contributed by atoms with E-state index in [-0.39, 0.29) is 36.5 Å². The lowest BCUT2D eigenvalue weighted by Gasteiger charge is -2.24. The summed E-state index contributed by atoms with van der Waals surface area (Å²) in [5.74, 6) is -1.10. The van der Waals surface area contributed by atoms with Gasteiger partial charge in [0, 0.05) is 19.4 Å². The van der Waals surface area contributed by atoms with E-state index in [1.165, 1.54) is 0 Å². The molecule has 1 aromatic heterocycles. The molecular formula is C22H28N4O4. The van der Waals surface area contributed by atoms with Crippen LogP contribution in [0, 0.1) is 6.92 Å². The Morgan fingerprint density at radius 1 is 1.30 bits per heavy atom. The monoisotopic (exact) mass is 413 g/mol. The largest absolute Gasteiger partial charge is 0.352 e. The smallest absolute Gasteiger partial charge is 0.262 e. The number of benzene rings is 1. The third kappa shape index (κ3) is 4.93. The molecule has 3 rings (SSSR count). The molecule has 0 saturated carbocycles. The van der Waals surface area contributed by atoms with Crippen LogP contribution in [0.1, 0.15) is 70.6 Å². The Hall–Kier alpha value is -3.03. The number of piperidine rings is 1. The van der Waals surface area contributed by atoms with Crippen molar-refractivity contribution >= 4 is 28.6 Å². The van der Waals surface area contributed by atoms with E-state index in [1.54, 1.807) is 25.1 Å². The fourth-order valence-corrected chi connectivity index (χ4v) is 3.59. The summed E-state index contributed by atoms with van der Waals surface area (Å²) in [5, 5.41) is 5.26. The van der Waals surface area contributed by atoms with Crippen LogP contribution in [-0.2, 0) is 20.9 Å². The zero-order chi connectivity index (χ0) is 22.6. The number of rotatable bonds is 8. The van der Waals surface area contributed by atoms with Crippen LogP contribution in [0.25, 0.3) is 10.9 Å². The first kappa shape index (κ1) is 20.3. The number of aromatic nitrogens is 2. The molecule has 3 amide bonds. The maximum atomic E-state index is 13.2. The molecule has 8 nitrogen and oxygen atoms in total. The molecule has 8 heteroatoms. The van der Waals surface area contributed by atoms with E-state index in [2.05, 4.69) is 22.5 Å². The van der Waals surface area contributed by atoms with Crippen molar-refractivity contribution in [3.8, 4) is 0 Å². The molecule has 2 heterocycles. The number of imide groups is 1. The quantitative estimate of drug-likeness (QED) is 0.510. The Morgan fingerprint density at radius 2 is 2.10 bits per heavy atom. The first-order chi connectivity index (χ1) is 14.8. The zero-order valence-corrected chi connectivity index (χ0v) is 17.4. The van der Waals surface area contributed by atoms with Crippen molar-refractivity contribution in [3.63, 3.8) is 0 Å². The highest BCUT2D eigenvalue weighted by Gasteiger charge is 2.30. The van der Waals surface area contributed by atoms with E-state index in [0.29, 0.717) is 11.9 Å². The molecule has 30 heavy (non-hydrogen) atoms. The van der Waals surface area contributed by atoms with Crippen molar-refractivity contribution in [1.82, 2.24) is 20.2 Å². The zero-order valence-electron chi connectivity index (χ0n) is 18.4. The van der Waals surface area contributed by atoms with Gasteiger partial charge in [0.25, 0.3) is 5.56 Å². The van der Waals surface area contributed by atoms with E-state index in [1.807, 2.05) is 0 Å². The molecule has 0 unspecified atom stereocenters. The molecule has 0 aliphatic carbocycles. The molecule has 2 N–H and O–H groups in total. The number of fused-ring (bicyclic) bond motifs is 1. The molecule has 160 valence electrons. The number of hydrogen-bond acceptors (Lipinski definition) is 5. The summed E-state index contributed by atoms with van der Waals surface area (Å²) in [6, 6.07) is 3.18. The summed E-state index contributed by atoms with van der Waals surface area (Å²) in [4.78, 5) is 53.5. The van der Waals surface area contributed by atoms with Crippen molar-refractivity contribution in [1.29, 1.82) is 0 Å². The van der Waals surface area contributed by atoms with Crippen LogP contribution in [0.2, 0.25) is 0 Å². The van der Waals surface area contributed by atoms with E-state index >= 15 is 0 Å². The Balaban J connectivity index is 1.84. The number of nitrogens with one attached hydrogen (secondary N) is 2. The van der Waals surface area contributed by atoms with Gasteiger partial charge in [-0.15, -0.1) is 0 Å². The van der Waals surface area contributed by atoms with Crippen molar-refractivity contribution < 1.29 is 15.8 Å². The normalized spacial score (nSPS) is 19.5. The predicted octanol–water partition coefficient (Wildman–Crippen LogP) is 2.27. The van der Waals surface area contributed by atoms with Gasteiger partial charge in [-0.1, -0.05) is 32.3 Å². The highest BCUT2D eigenvalue weighted by Crippen LogP contribution is 2.20. The minimum absolute atomic E-state index is 0.0243. The summed E-state index contributed by atoms with van der Waals surface area (Å²) in [7, 11) is 0. The van der Waals surface area contributed by atoms with Crippen LogP contribution in [0.15, 0.2) is 23.0 Å². The second kappa shape index (κ2) is 9.65. The number of aryl methyl sites for hydroxylation is 1. The second-order valence-corrected chi connectivity index (χ2v) is 7.56. The third-order valence-electron chi connectivity index (χ3n) is 5.22. The summed E-state index contributed by atoms with van der Waals surface area (Å²) < 4.78 is 9.65. The number of carbonyl (C=O) groups excluding carboxylic acids is 3. The van der Waals surface area contributed by atoms with Crippen LogP contribution >= 0.6 is 0 Å². The third-order valence-corrected chi connectivity index (χ3v) is 5.22. The molecule has 1 atom stereocenters. The molecule has 0 spiro atoms. The minimum atomic E-state index is -1.93. The Labute approximate surface area is 176 Å². The van der Waals surface area contributed by atoms with Gasteiger partial charge in [0.1, 0.15) is 11.8 Å². The van der Waals surface area contributed by atoms with Crippen LogP contribution in [0.3, 0.4) is 0 Å². The van der Waals surface area contributed by atoms with Gasteiger partial charge >= 0.3 is 0 Å². The van der Waals surface area contributed by atoms with Crippen molar-refractivity contribution in [3.05, 3.63) is 39.9 Å². The number of amides is 3. The van der Waals surface area contributed by atoms with E-state index < -0.39 is 23.4 Å². The lowest BCUT2D eigenvalue weighted by Crippen LogP contribution is -2.45. The SMILES string of the molecule is [2H][C@@]1(n2c(C)nc3ccc(CNC(=O)CCCCCC)cc3c2=O)CCC(=O)NC1=O. The van der Waals surface area contributed by atoms with E-state index in [4.69, 9.17) is 1.37 Å². The lowest BCUT2D eigenvalue weighted by molar-refractivity contribution is -0.135. The first-order valence-corrected chi connectivity index (χ1v) is 10.4. The van der Waals surface area contributed by atoms with Gasteiger partial charge < -0.3 is 5.32 Å². The summed E-state index contributed by atoms with van der Waals surface area (Å²) in [6.07, 6.45) is 4.45. The molecule has 1 aliphatic rings. The van der Waals surface area contributed by atoms with Gasteiger partial charge in [-0.25, -0.2) is 4.98 Å². The number of hydrogen-bond donors (Lipinski definition) is 2. The summed E-state index contributed by atoms with van der Waals surface area (Å²) in [6.45, 7) is 3.96. The van der Waals surface area contributed by atoms with Crippen LogP contribution in [-0.4, -0.2) is 27.3 Å². The molecule has 1 fully saturated rings. The van der Waals surface area contributed by atoms with E-state index in [0.717, 1.165) is 35.8 Å². The van der Waals surface area contributed by atoms with E-state index in [9.17, 15) is 19.2 Å². The van der Waals surface area contributed by atoms with Gasteiger partial charge in [-0.2, -0.15) is 0 Å². The Bertz CT molecular complexity index is 1080. The number of unbranched alkanes of at least 4 members (excludes halogenated alkanes) is 3. The Kier molecular flexibility index (Phi) is 6.51. The molecule has 1 aliphatic heterocycles. The van der Waals surface area contributed by atoms with Gasteiger partial charge in [-0.05, 0) is 37.5 Å². The molecule has 1 aromatic carbocycles. The summed E-state index contributed by atoms with van der Waals surface area (Å²) >= 11 is 0. The molecule has 0 bridgehead atoms. The molecule has 2 aromatic rings. The fourth-order valence-electron chi connectivity index (χ4n) is 3.59. The average molecular weight is 413 g/mol. The number of carbonyl (C=O) groups is 3. The number of nitrogens with zero attached hydrogens (tertiary/aromatic N) is 2. The van der Waals surface area contributed by atoms with Crippen LogP contribution in [0.4, 0.5) is 0 Å². The first-order valence-electron chi connectivity index (χ1n) is 10.9. The topological polar surface area (TPSA) is 110 Å². The Morgan fingerprint density at radius 3 is 2.83 bits per heavy atom. The second-order valence-electron chi connectivity index (χ2n) is 7.56. The van der Waals surface area contributed by atoms with Crippen molar-refractivity contribution in [2.24, 2.45) is 0 Å².